The number of hydrogen-bond acceptors (Lipinski definition) is 29. The molecule has 0 spiro atoms. The highest BCUT2D eigenvalue weighted by Crippen LogP contribution is 2.76. The van der Waals surface area contributed by atoms with Crippen molar-refractivity contribution in [1.82, 2.24) is 0 Å². The van der Waals surface area contributed by atoms with Crippen LogP contribution >= 0.6 is 0 Å². The molecule has 0 aromatic carbocycles. The monoisotopic (exact) mass is 1350 g/mol. The molecule has 2 unspecified atom stereocenters. The molecule has 11 aliphatic rings. The SMILES string of the molecule is C[C@@H]1O[C@@H](O[C@@H]2[C@@H](O)[C@H](O[C@@H]3[C@@H](O)[C@H](C)O[C@@H](O[C@H]4[C@H](O[C@H]5CC[C@@]6(C)C(CC[C@]7(C)C6CC=C6[C@@H]8CC(C)(C)CC[C@]8(C(=O)O)CC[C@]67C)[C@]5(C)CO)OC[C@H](O)[C@@H]4O)[C@@H]3O)O[C@H](CO)[C@H]2O[C@@H]2O[C@H](CO)[C@@H](O[C@@H]3OC[C@@H](O)[C@H](O)[C@H]3O)[C@H](O)[C@H]2O)[C@H](O)[C@H](O)[C@H]1O. The molecule has 6 aliphatic heterocycles. The lowest BCUT2D eigenvalue weighted by molar-refractivity contribution is -0.406. The van der Waals surface area contributed by atoms with E-state index in [1.165, 1.54) is 19.4 Å². The zero-order valence-corrected chi connectivity index (χ0v) is 54.6. The quantitative estimate of drug-likeness (QED) is 0.0526. The fourth-order valence-corrected chi connectivity index (χ4v) is 18.9. The Kier molecular flexibility index (Phi) is 21.4. The third-order valence-corrected chi connectivity index (χ3v) is 25.0. The molecule has 30 nitrogen and oxygen atoms in total. The molecule has 0 amide bonds. The van der Waals surface area contributed by atoms with Crippen molar-refractivity contribution < 1.29 is 148 Å². The van der Waals surface area contributed by atoms with Crippen molar-refractivity contribution >= 4 is 5.97 Å². The third kappa shape index (κ3) is 12.4. The van der Waals surface area contributed by atoms with Crippen molar-refractivity contribution in [3.63, 3.8) is 0 Å². The second-order valence-corrected chi connectivity index (χ2v) is 30.8. The fraction of sp³-hybridized carbons (Fsp3) is 0.953. The molecular weight excluding hydrogens is 1250 g/mol. The lowest BCUT2D eigenvalue weighted by atomic mass is 9.33. The molecule has 11 rings (SSSR count). The van der Waals surface area contributed by atoms with E-state index >= 15 is 0 Å². The summed E-state index contributed by atoms with van der Waals surface area (Å²) in [5, 5.41) is 189. The fourth-order valence-electron chi connectivity index (χ4n) is 18.9. The smallest absolute Gasteiger partial charge is 0.310 e. The van der Waals surface area contributed by atoms with Gasteiger partial charge in [-0.2, -0.15) is 0 Å². The number of carboxylic acids is 1. The lowest BCUT2D eigenvalue weighted by Crippen LogP contribution is -2.69. The number of aliphatic carboxylic acids is 1. The Morgan fingerprint density at radius 1 is 0.489 bits per heavy atom. The number of aliphatic hydroxyl groups is 16. The summed E-state index contributed by atoms with van der Waals surface area (Å²) < 4.78 is 72.4. The van der Waals surface area contributed by atoms with Gasteiger partial charge in [0.15, 0.2) is 37.7 Å². The maximum atomic E-state index is 13.3. The Morgan fingerprint density at radius 3 is 1.66 bits per heavy atom. The third-order valence-electron chi connectivity index (χ3n) is 25.0. The van der Waals surface area contributed by atoms with Crippen LogP contribution in [0, 0.1) is 50.2 Å². The Balaban J connectivity index is 0.805. The molecule has 10 fully saturated rings. The Morgan fingerprint density at radius 2 is 1.01 bits per heavy atom. The minimum atomic E-state index is -2.20. The van der Waals surface area contributed by atoms with Crippen LogP contribution in [0.2, 0.25) is 0 Å². The molecule has 94 heavy (non-hydrogen) atoms. The molecule has 540 valence electrons. The summed E-state index contributed by atoms with van der Waals surface area (Å²) in [6.45, 7) is 13.1. The van der Waals surface area contributed by atoms with Gasteiger partial charge in [0.05, 0.1) is 56.8 Å². The highest BCUT2D eigenvalue weighted by molar-refractivity contribution is 5.76. The van der Waals surface area contributed by atoms with E-state index in [0.717, 1.165) is 38.5 Å². The van der Waals surface area contributed by atoms with Gasteiger partial charge in [0.2, 0.25) is 0 Å². The number of carbonyl (C=O) groups is 1. The van der Waals surface area contributed by atoms with Crippen molar-refractivity contribution in [3.05, 3.63) is 11.6 Å². The van der Waals surface area contributed by atoms with Gasteiger partial charge in [-0.15, -0.1) is 0 Å². The van der Waals surface area contributed by atoms with Crippen LogP contribution in [0.5, 0.6) is 0 Å². The number of allylic oxidation sites excluding steroid dienone is 2. The van der Waals surface area contributed by atoms with Crippen LogP contribution in [0.25, 0.3) is 0 Å². The maximum Gasteiger partial charge on any atom is 0.310 e. The van der Waals surface area contributed by atoms with E-state index in [1.807, 2.05) is 6.92 Å². The van der Waals surface area contributed by atoms with Gasteiger partial charge in [0.25, 0.3) is 0 Å². The Bertz CT molecular complexity index is 2640. The van der Waals surface area contributed by atoms with Crippen molar-refractivity contribution in [2.75, 3.05) is 33.0 Å². The molecule has 0 aromatic rings. The van der Waals surface area contributed by atoms with Gasteiger partial charge >= 0.3 is 5.97 Å². The number of ether oxygens (including phenoxy) is 12. The molecule has 0 aromatic heterocycles. The summed E-state index contributed by atoms with van der Waals surface area (Å²) in [7, 11) is 0. The average Bonchev–Trinajstić information content (AvgIpc) is 0.676. The summed E-state index contributed by atoms with van der Waals surface area (Å²) in [4.78, 5) is 13.3. The molecule has 37 atom stereocenters. The van der Waals surface area contributed by atoms with Gasteiger partial charge in [-0.1, -0.05) is 53.2 Å². The standard InChI is InChI=1S/C64H104O30/c1-25-36(70)40(74)43(77)53(85-25)93-50-46(80)56(88-32(21-66)48(50)91-54-44(78)41(75)47(31(20-65)87-54)90-52-42(76)38(72)29(68)22-83-52)92-49-37(71)26(2)86-55(45(49)79)94-51-39(73)30(69)23-84-57(51)89-35-12-13-60(5)33(61(35,6)24-67)11-14-63(8)34(60)10-9-27-28-19-59(3,4)15-17-64(28,58(81)82)18-16-62(27,63)7/h9,25-26,28-57,65-80H,10-24H2,1-8H3,(H,81,82)/t25-,26-,28-,29+,30-,31+,32+,33?,34?,35-,36-,37-,38-,39-,40+,41+,42+,43+,44+,45+,46+,47+,48+,49+,50+,51+,52-,53-,54-,55-,56-,57-,60-,61-,62+,63+,64-/m0/s1. The number of carboxylic acid groups (broad SMARTS) is 1. The van der Waals surface area contributed by atoms with Gasteiger partial charge in [0, 0.05) is 5.41 Å². The highest BCUT2D eigenvalue weighted by Gasteiger charge is 2.71. The van der Waals surface area contributed by atoms with Gasteiger partial charge in [-0.05, 0) is 117 Å². The van der Waals surface area contributed by atoms with Crippen LogP contribution < -0.4 is 0 Å². The second-order valence-electron chi connectivity index (χ2n) is 30.8. The van der Waals surface area contributed by atoms with Crippen LogP contribution in [0.15, 0.2) is 11.6 Å². The zero-order chi connectivity index (χ0) is 68.4. The normalized spacial score (nSPS) is 55.3. The summed E-state index contributed by atoms with van der Waals surface area (Å²) in [6, 6.07) is 0. The first kappa shape index (κ1) is 73.3. The molecule has 6 heterocycles. The molecule has 6 saturated heterocycles. The van der Waals surface area contributed by atoms with E-state index in [2.05, 4.69) is 40.7 Å². The lowest BCUT2D eigenvalue weighted by Gasteiger charge is -2.71. The van der Waals surface area contributed by atoms with E-state index in [9.17, 15) is 91.6 Å². The minimum Gasteiger partial charge on any atom is -0.481 e. The first-order chi connectivity index (χ1) is 44.1. The Hall–Kier alpha value is -1.91. The largest absolute Gasteiger partial charge is 0.481 e. The van der Waals surface area contributed by atoms with Crippen molar-refractivity contribution in [2.24, 2.45) is 50.2 Å². The molecule has 5 aliphatic carbocycles. The first-order valence-electron chi connectivity index (χ1n) is 33.5. The summed E-state index contributed by atoms with van der Waals surface area (Å²) in [6.07, 6.45) is -41.2. The topological polar surface area (TPSA) is 472 Å². The van der Waals surface area contributed by atoms with Gasteiger partial charge in [0.1, 0.15) is 122 Å². The van der Waals surface area contributed by atoms with Crippen LogP contribution in [-0.4, -0.2) is 304 Å². The first-order valence-corrected chi connectivity index (χ1v) is 33.5. The summed E-state index contributed by atoms with van der Waals surface area (Å²) in [5.41, 5.74) is -1.15. The number of rotatable bonds is 16. The highest BCUT2D eigenvalue weighted by atomic mass is 16.8. The van der Waals surface area contributed by atoms with Crippen LogP contribution in [0.3, 0.4) is 0 Å². The van der Waals surface area contributed by atoms with Crippen LogP contribution in [-0.2, 0) is 61.6 Å². The minimum absolute atomic E-state index is 0.00249. The summed E-state index contributed by atoms with van der Waals surface area (Å²) >= 11 is 0. The Labute approximate surface area is 545 Å². The molecule has 0 radical (unpaired) electrons. The number of hydrogen-bond donors (Lipinski definition) is 17. The molecule has 4 saturated carbocycles. The zero-order valence-electron chi connectivity index (χ0n) is 54.6. The van der Waals surface area contributed by atoms with Gasteiger partial charge in [-0.3, -0.25) is 4.79 Å². The maximum absolute atomic E-state index is 13.3. The molecule has 30 heteroatoms. The van der Waals surface area contributed by atoms with E-state index in [4.69, 9.17) is 56.8 Å². The summed E-state index contributed by atoms with van der Waals surface area (Å²) in [5.74, 6) is -0.680. The van der Waals surface area contributed by atoms with Crippen molar-refractivity contribution in [1.29, 1.82) is 0 Å². The number of fused-ring (bicyclic) bond motifs is 7. The predicted octanol–water partition coefficient (Wildman–Crippen LogP) is -3.52. The van der Waals surface area contributed by atoms with E-state index in [-0.39, 0.29) is 46.0 Å². The van der Waals surface area contributed by atoms with E-state index < -0.39 is 221 Å². The van der Waals surface area contributed by atoms with Gasteiger partial charge in [-0.25, -0.2) is 0 Å². The van der Waals surface area contributed by atoms with Crippen LogP contribution in [0.1, 0.15) is 120 Å². The van der Waals surface area contributed by atoms with Gasteiger partial charge < -0.3 is 144 Å². The molecular formula is C64H104O30. The number of aliphatic hydroxyl groups excluding tert-OH is 16. The second kappa shape index (κ2) is 27.5. The van der Waals surface area contributed by atoms with E-state index in [0.29, 0.717) is 25.7 Å². The average molecular weight is 1350 g/mol. The van der Waals surface area contributed by atoms with E-state index in [1.54, 1.807) is 0 Å². The predicted molar refractivity (Wildman–Crippen MR) is 315 cm³/mol. The molecule has 0 bridgehead atoms. The van der Waals surface area contributed by atoms with Crippen LogP contribution in [0.4, 0.5) is 0 Å². The molecule has 17 N–H and O–H groups in total. The van der Waals surface area contributed by atoms with Crippen molar-refractivity contribution in [2.45, 2.75) is 298 Å². The van der Waals surface area contributed by atoms with Crippen molar-refractivity contribution in [3.8, 4) is 0 Å².